The van der Waals surface area contributed by atoms with E-state index >= 15 is 0 Å². The van der Waals surface area contributed by atoms with Gasteiger partial charge in [-0.1, -0.05) is 19.1 Å². The Morgan fingerprint density at radius 1 is 1.21 bits per heavy atom. The Bertz CT molecular complexity index is 832. The van der Waals surface area contributed by atoms with Crippen molar-refractivity contribution in [2.45, 2.75) is 20.3 Å². The normalized spacial score (nSPS) is 18.0. The van der Waals surface area contributed by atoms with Crippen LogP contribution in [0.15, 0.2) is 42.7 Å². The predicted octanol–water partition coefficient (Wildman–Crippen LogP) is 3.30. The van der Waals surface area contributed by atoms with E-state index in [9.17, 15) is 9.59 Å². The number of carbonyl (C=O) groups excluding carboxylic acids is 2. The van der Waals surface area contributed by atoms with Crippen LogP contribution in [0.25, 0.3) is 0 Å². The molecule has 0 radical (unpaired) electrons. The molecule has 6 nitrogen and oxygen atoms in total. The van der Waals surface area contributed by atoms with Crippen LogP contribution >= 0.6 is 24.8 Å². The molecule has 1 aliphatic heterocycles. The van der Waals surface area contributed by atoms with Crippen LogP contribution in [0.5, 0.6) is 0 Å². The average Bonchev–Trinajstić information content (AvgIpc) is 3.06. The van der Waals surface area contributed by atoms with E-state index < -0.39 is 0 Å². The Morgan fingerprint density at radius 2 is 1.89 bits per heavy atom. The van der Waals surface area contributed by atoms with E-state index in [2.05, 4.69) is 17.2 Å². The third kappa shape index (κ3) is 5.01. The number of amides is 2. The van der Waals surface area contributed by atoms with Crippen molar-refractivity contribution in [1.82, 2.24) is 9.88 Å². The third-order valence-electron chi connectivity index (χ3n) is 5.02. The quantitative estimate of drug-likeness (QED) is 0.787. The van der Waals surface area contributed by atoms with Crippen LogP contribution in [0, 0.1) is 12.3 Å². The van der Waals surface area contributed by atoms with Gasteiger partial charge in [0, 0.05) is 31.0 Å². The predicted molar refractivity (Wildman–Crippen MR) is 116 cm³/mol. The Morgan fingerprint density at radius 3 is 2.50 bits per heavy atom. The third-order valence-corrected chi connectivity index (χ3v) is 5.02. The summed E-state index contributed by atoms with van der Waals surface area (Å²) in [6, 6.07) is 8.76. The summed E-state index contributed by atoms with van der Waals surface area (Å²) in [4.78, 5) is 31.3. The van der Waals surface area contributed by atoms with E-state index in [0.717, 1.165) is 12.0 Å². The second kappa shape index (κ2) is 9.87. The molecule has 1 fully saturated rings. The molecular weight excluding hydrogens is 399 g/mol. The van der Waals surface area contributed by atoms with Gasteiger partial charge in [0.15, 0.2) is 0 Å². The number of carbonyl (C=O) groups is 2. The lowest BCUT2D eigenvalue weighted by atomic mass is 9.90. The summed E-state index contributed by atoms with van der Waals surface area (Å²) in [5.74, 6) is -0.333. The summed E-state index contributed by atoms with van der Waals surface area (Å²) in [5.41, 5.74) is 8.22. The first kappa shape index (κ1) is 23.9. The molecule has 28 heavy (non-hydrogen) atoms. The number of nitrogens with two attached hydrogens (primary N) is 1. The number of nitrogens with zero attached hydrogens (tertiary/aromatic N) is 2. The van der Waals surface area contributed by atoms with Crippen molar-refractivity contribution in [2.24, 2.45) is 11.1 Å². The lowest BCUT2D eigenvalue weighted by molar-refractivity contribution is 0.0778. The van der Waals surface area contributed by atoms with Gasteiger partial charge in [0.05, 0.1) is 11.3 Å². The number of nitrogens with one attached hydrogen (secondary N) is 1. The number of benzene rings is 1. The highest BCUT2D eigenvalue weighted by Gasteiger charge is 2.36. The number of halogens is 2. The first-order chi connectivity index (χ1) is 12.4. The molecule has 8 heteroatoms. The van der Waals surface area contributed by atoms with Gasteiger partial charge in [-0.3, -0.25) is 14.6 Å². The van der Waals surface area contributed by atoms with Crippen LogP contribution < -0.4 is 11.1 Å². The van der Waals surface area contributed by atoms with Crippen molar-refractivity contribution in [3.63, 3.8) is 0 Å². The van der Waals surface area contributed by atoms with Crippen molar-refractivity contribution in [2.75, 3.05) is 25.0 Å². The number of rotatable bonds is 4. The molecule has 1 aliphatic rings. The van der Waals surface area contributed by atoms with E-state index in [1.807, 2.05) is 24.0 Å². The van der Waals surface area contributed by atoms with Gasteiger partial charge in [0.1, 0.15) is 0 Å². The van der Waals surface area contributed by atoms with E-state index in [0.29, 0.717) is 36.4 Å². The minimum atomic E-state index is -0.260. The molecule has 3 rings (SSSR count). The van der Waals surface area contributed by atoms with Crippen LogP contribution in [0.1, 0.15) is 39.6 Å². The van der Waals surface area contributed by atoms with E-state index in [1.54, 1.807) is 30.6 Å². The number of anilines is 1. The standard InChI is InChI=1S/C20H24N4O2.2ClH/c1-14-4-3-5-16(19(26)24-11-8-20(2,12-21)13-24)17(14)23-18(25)15-6-9-22-10-7-15;;/h3-7,9-10H,8,11-13,21H2,1-2H3,(H,23,25);2*1H. The van der Waals surface area contributed by atoms with E-state index in [4.69, 9.17) is 5.73 Å². The molecular formula is C20H26Cl2N4O2. The number of aromatic nitrogens is 1. The number of likely N-dealkylation sites (tertiary alicyclic amines) is 1. The molecule has 0 bridgehead atoms. The zero-order chi connectivity index (χ0) is 18.7. The lowest BCUT2D eigenvalue weighted by Gasteiger charge is -2.23. The fraction of sp³-hybridized carbons (Fsp3) is 0.350. The number of aryl methyl sites for hydroxylation is 1. The van der Waals surface area contributed by atoms with Gasteiger partial charge in [-0.2, -0.15) is 0 Å². The second-order valence-electron chi connectivity index (χ2n) is 7.18. The molecule has 152 valence electrons. The molecule has 0 saturated carbocycles. The molecule has 1 atom stereocenters. The van der Waals surface area contributed by atoms with E-state index in [-0.39, 0.29) is 42.0 Å². The lowest BCUT2D eigenvalue weighted by Crippen LogP contribution is -2.35. The molecule has 3 N–H and O–H groups in total. The fourth-order valence-corrected chi connectivity index (χ4v) is 3.23. The maximum absolute atomic E-state index is 13.1. The smallest absolute Gasteiger partial charge is 0.255 e. The molecule has 2 amide bonds. The van der Waals surface area contributed by atoms with Gasteiger partial charge in [-0.05, 0) is 49.1 Å². The maximum Gasteiger partial charge on any atom is 0.255 e. The van der Waals surface area contributed by atoms with Gasteiger partial charge < -0.3 is 16.0 Å². The van der Waals surface area contributed by atoms with Crippen molar-refractivity contribution in [1.29, 1.82) is 0 Å². The molecule has 2 aromatic rings. The summed E-state index contributed by atoms with van der Waals surface area (Å²) in [6.45, 7) is 5.85. The molecule has 1 aromatic heterocycles. The molecule has 0 spiro atoms. The monoisotopic (exact) mass is 424 g/mol. The van der Waals surface area contributed by atoms with Gasteiger partial charge in [0.2, 0.25) is 0 Å². The molecule has 1 saturated heterocycles. The highest BCUT2D eigenvalue weighted by molar-refractivity contribution is 6.09. The summed E-state index contributed by atoms with van der Waals surface area (Å²) in [5, 5.41) is 2.90. The summed E-state index contributed by atoms with van der Waals surface area (Å²) >= 11 is 0. The first-order valence-corrected chi connectivity index (χ1v) is 8.74. The Labute approximate surface area is 177 Å². The highest BCUT2D eigenvalue weighted by atomic mass is 35.5. The summed E-state index contributed by atoms with van der Waals surface area (Å²) in [7, 11) is 0. The number of pyridine rings is 1. The summed E-state index contributed by atoms with van der Waals surface area (Å²) < 4.78 is 0. The average molecular weight is 425 g/mol. The molecule has 2 heterocycles. The zero-order valence-electron chi connectivity index (χ0n) is 16.0. The minimum absolute atomic E-state index is 0. The SMILES string of the molecule is Cc1cccc(C(=O)N2CCC(C)(CN)C2)c1NC(=O)c1ccncc1.Cl.Cl. The number of para-hydroxylation sites is 1. The second-order valence-corrected chi connectivity index (χ2v) is 7.18. The van der Waals surface area contributed by atoms with Crippen molar-refractivity contribution in [3.8, 4) is 0 Å². The van der Waals surface area contributed by atoms with Crippen molar-refractivity contribution in [3.05, 3.63) is 59.4 Å². The van der Waals surface area contributed by atoms with Crippen LogP contribution in [0.2, 0.25) is 0 Å². The Hall–Kier alpha value is -2.15. The first-order valence-electron chi connectivity index (χ1n) is 8.74. The maximum atomic E-state index is 13.1. The Kier molecular flexibility index (Phi) is 8.42. The van der Waals surface area contributed by atoms with Crippen LogP contribution in [0.3, 0.4) is 0 Å². The van der Waals surface area contributed by atoms with E-state index in [1.165, 1.54) is 0 Å². The molecule has 0 aliphatic carbocycles. The topological polar surface area (TPSA) is 88.3 Å². The highest BCUT2D eigenvalue weighted by Crippen LogP contribution is 2.31. The van der Waals surface area contributed by atoms with Crippen LogP contribution in [0.4, 0.5) is 5.69 Å². The fourth-order valence-electron chi connectivity index (χ4n) is 3.23. The van der Waals surface area contributed by atoms with Crippen molar-refractivity contribution < 1.29 is 9.59 Å². The molecule has 1 aromatic carbocycles. The van der Waals surface area contributed by atoms with Gasteiger partial charge in [-0.15, -0.1) is 24.8 Å². The van der Waals surface area contributed by atoms with Gasteiger partial charge in [-0.25, -0.2) is 0 Å². The molecule has 1 unspecified atom stereocenters. The zero-order valence-corrected chi connectivity index (χ0v) is 17.6. The largest absolute Gasteiger partial charge is 0.338 e. The summed E-state index contributed by atoms with van der Waals surface area (Å²) in [6.07, 6.45) is 4.02. The van der Waals surface area contributed by atoms with Crippen molar-refractivity contribution >= 4 is 42.3 Å². The number of hydrogen-bond acceptors (Lipinski definition) is 4. The van der Waals surface area contributed by atoms with Crippen LogP contribution in [-0.2, 0) is 0 Å². The number of hydrogen-bond donors (Lipinski definition) is 2. The Balaban J connectivity index is 0.00000196. The van der Waals surface area contributed by atoms with Crippen LogP contribution in [-0.4, -0.2) is 41.3 Å². The van der Waals surface area contributed by atoms with Gasteiger partial charge >= 0.3 is 0 Å². The van der Waals surface area contributed by atoms with Gasteiger partial charge in [0.25, 0.3) is 11.8 Å². The minimum Gasteiger partial charge on any atom is -0.338 e.